The lowest BCUT2D eigenvalue weighted by atomic mass is 10.1. The first kappa shape index (κ1) is 24.0. The van der Waals surface area contributed by atoms with Gasteiger partial charge in [0.2, 0.25) is 5.91 Å². The zero-order valence-corrected chi connectivity index (χ0v) is 19.1. The van der Waals surface area contributed by atoms with Crippen molar-refractivity contribution in [2.24, 2.45) is 0 Å². The van der Waals surface area contributed by atoms with Gasteiger partial charge in [-0.3, -0.25) is 9.59 Å². The molecule has 0 radical (unpaired) electrons. The summed E-state index contributed by atoms with van der Waals surface area (Å²) in [6, 6.07) is 11.8. The van der Waals surface area contributed by atoms with Crippen LogP contribution in [0.15, 0.2) is 42.5 Å². The molecule has 5 nitrogen and oxygen atoms in total. The normalized spacial score (nSPS) is 11.6. The summed E-state index contributed by atoms with van der Waals surface area (Å²) in [6.45, 7) is 6.29. The van der Waals surface area contributed by atoms with E-state index in [0.717, 1.165) is 24.0 Å². The molecule has 0 saturated carbocycles. The Balaban J connectivity index is 2.12. The molecule has 0 heterocycles. The molecule has 1 atom stereocenters. The van der Waals surface area contributed by atoms with Gasteiger partial charge in [-0.15, -0.1) is 0 Å². The van der Waals surface area contributed by atoms with Crippen molar-refractivity contribution >= 4 is 35.0 Å². The van der Waals surface area contributed by atoms with Crippen LogP contribution in [-0.4, -0.2) is 35.9 Å². The molecule has 7 heteroatoms. The number of benzene rings is 2. The van der Waals surface area contributed by atoms with Crippen molar-refractivity contribution in [3.63, 3.8) is 0 Å². The van der Waals surface area contributed by atoms with Crippen molar-refractivity contribution in [3.8, 4) is 5.75 Å². The molecule has 162 valence electrons. The van der Waals surface area contributed by atoms with E-state index in [-0.39, 0.29) is 25.0 Å². The van der Waals surface area contributed by atoms with Crippen molar-refractivity contribution in [1.29, 1.82) is 0 Å². The van der Waals surface area contributed by atoms with Gasteiger partial charge in [0.15, 0.2) is 6.61 Å². The summed E-state index contributed by atoms with van der Waals surface area (Å²) >= 11 is 12.1. The summed E-state index contributed by atoms with van der Waals surface area (Å²) < 4.78 is 5.67. The summed E-state index contributed by atoms with van der Waals surface area (Å²) in [4.78, 5) is 27.1. The third-order valence-corrected chi connectivity index (χ3v) is 5.39. The van der Waals surface area contributed by atoms with E-state index in [2.05, 4.69) is 12.2 Å². The number of hydrogen-bond acceptors (Lipinski definition) is 3. The van der Waals surface area contributed by atoms with E-state index in [1.807, 2.05) is 19.1 Å². The number of aryl methyl sites for hydroxylation is 1. The van der Waals surface area contributed by atoms with Gasteiger partial charge in [0.1, 0.15) is 11.8 Å². The maximum Gasteiger partial charge on any atom is 0.261 e. The Morgan fingerprint density at radius 3 is 2.60 bits per heavy atom. The summed E-state index contributed by atoms with van der Waals surface area (Å²) in [6.07, 6.45) is 1.87. The molecule has 2 aromatic rings. The highest BCUT2D eigenvalue weighted by Gasteiger charge is 2.26. The zero-order chi connectivity index (χ0) is 22.1. The van der Waals surface area contributed by atoms with Crippen molar-refractivity contribution in [2.75, 3.05) is 13.2 Å². The minimum atomic E-state index is -0.649. The molecular formula is C23H28Cl2N2O3. The predicted molar refractivity (Wildman–Crippen MR) is 121 cm³/mol. The van der Waals surface area contributed by atoms with Gasteiger partial charge in [-0.2, -0.15) is 0 Å². The van der Waals surface area contributed by atoms with Crippen LogP contribution >= 0.6 is 23.2 Å². The maximum absolute atomic E-state index is 13.0. The molecule has 2 rings (SSSR count). The molecule has 0 aromatic heterocycles. The van der Waals surface area contributed by atoms with E-state index >= 15 is 0 Å². The SMILES string of the molecule is CCCCNC(=O)[C@@H](C)N(Cc1cccc(Cl)c1)C(=O)COc1ccc(Cl)c(C)c1. The number of rotatable bonds is 10. The second-order valence-corrected chi connectivity index (χ2v) is 8.02. The van der Waals surface area contributed by atoms with Crippen LogP contribution in [0, 0.1) is 6.92 Å². The molecule has 0 bridgehead atoms. The van der Waals surface area contributed by atoms with E-state index in [9.17, 15) is 9.59 Å². The third kappa shape index (κ3) is 7.22. The Hall–Kier alpha value is -2.24. The van der Waals surface area contributed by atoms with Crippen LogP contribution in [-0.2, 0) is 16.1 Å². The molecule has 0 saturated heterocycles. The average Bonchev–Trinajstić information content (AvgIpc) is 2.72. The fourth-order valence-corrected chi connectivity index (χ4v) is 3.22. The lowest BCUT2D eigenvalue weighted by Crippen LogP contribution is -2.49. The first-order chi connectivity index (χ1) is 14.3. The standard InChI is InChI=1S/C23H28Cl2N2O3/c1-4-5-11-26-23(29)17(3)27(14-18-7-6-8-19(24)13-18)22(28)15-30-20-9-10-21(25)16(2)12-20/h6-10,12-13,17H,4-5,11,14-15H2,1-3H3,(H,26,29)/t17-/m1/s1. The predicted octanol–water partition coefficient (Wildman–Crippen LogP) is 5.01. The van der Waals surface area contributed by atoms with Crippen LogP contribution in [0.4, 0.5) is 0 Å². The van der Waals surface area contributed by atoms with Crippen molar-refractivity contribution in [1.82, 2.24) is 10.2 Å². The van der Waals surface area contributed by atoms with Gasteiger partial charge >= 0.3 is 0 Å². The molecule has 0 unspecified atom stereocenters. The first-order valence-electron chi connectivity index (χ1n) is 10.0. The summed E-state index contributed by atoms with van der Waals surface area (Å²) in [7, 11) is 0. The average molecular weight is 451 g/mol. The quantitative estimate of drug-likeness (QED) is 0.517. The van der Waals surface area contributed by atoms with E-state index in [4.69, 9.17) is 27.9 Å². The summed E-state index contributed by atoms with van der Waals surface area (Å²) in [5.41, 5.74) is 1.70. The minimum absolute atomic E-state index is 0.186. The van der Waals surface area contributed by atoms with Crippen LogP contribution in [0.5, 0.6) is 5.75 Å². The second kappa shape index (κ2) is 11.8. The fourth-order valence-electron chi connectivity index (χ4n) is 2.89. The van der Waals surface area contributed by atoms with Crippen LogP contribution in [0.3, 0.4) is 0 Å². The van der Waals surface area contributed by atoms with E-state index < -0.39 is 6.04 Å². The minimum Gasteiger partial charge on any atom is -0.484 e. The summed E-state index contributed by atoms with van der Waals surface area (Å²) in [5, 5.41) is 4.10. The molecule has 2 aromatic carbocycles. The van der Waals surface area contributed by atoms with Crippen molar-refractivity contribution < 1.29 is 14.3 Å². The van der Waals surface area contributed by atoms with Crippen molar-refractivity contribution in [3.05, 3.63) is 63.6 Å². The van der Waals surface area contributed by atoms with Crippen LogP contribution in [0.2, 0.25) is 10.0 Å². The molecule has 2 amide bonds. The number of ether oxygens (including phenoxy) is 1. The molecule has 0 aliphatic heterocycles. The Morgan fingerprint density at radius 1 is 1.17 bits per heavy atom. The smallest absolute Gasteiger partial charge is 0.261 e. The number of amides is 2. The number of carbonyl (C=O) groups is 2. The second-order valence-electron chi connectivity index (χ2n) is 7.17. The highest BCUT2D eigenvalue weighted by molar-refractivity contribution is 6.31. The van der Waals surface area contributed by atoms with E-state index in [0.29, 0.717) is 22.3 Å². The number of unbranched alkanes of at least 4 members (excludes halogenated alkanes) is 1. The topological polar surface area (TPSA) is 58.6 Å². The number of halogens is 2. The Bertz CT molecular complexity index is 873. The van der Waals surface area contributed by atoms with Gasteiger partial charge in [0.05, 0.1) is 0 Å². The van der Waals surface area contributed by atoms with E-state index in [1.165, 1.54) is 4.90 Å². The molecule has 0 aliphatic rings. The molecule has 0 spiro atoms. The number of carbonyl (C=O) groups excluding carboxylic acids is 2. The van der Waals surface area contributed by atoms with Gasteiger partial charge < -0.3 is 15.0 Å². The maximum atomic E-state index is 13.0. The number of nitrogens with one attached hydrogen (secondary N) is 1. The Morgan fingerprint density at radius 2 is 1.93 bits per heavy atom. The number of hydrogen-bond donors (Lipinski definition) is 1. The lowest BCUT2D eigenvalue weighted by Gasteiger charge is -2.29. The van der Waals surface area contributed by atoms with Crippen LogP contribution in [0.25, 0.3) is 0 Å². The van der Waals surface area contributed by atoms with Crippen molar-refractivity contribution in [2.45, 2.75) is 46.2 Å². The molecule has 0 fully saturated rings. The molecule has 1 N–H and O–H groups in total. The first-order valence-corrected chi connectivity index (χ1v) is 10.8. The molecular weight excluding hydrogens is 423 g/mol. The van der Waals surface area contributed by atoms with E-state index in [1.54, 1.807) is 37.3 Å². The van der Waals surface area contributed by atoms with Gasteiger partial charge in [-0.25, -0.2) is 0 Å². The Kier molecular flexibility index (Phi) is 9.47. The highest BCUT2D eigenvalue weighted by Crippen LogP contribution is 2.21. The molecule has 30 heavy (non-hydrogen) atoms. The Labute approximate surface area is 188 Å². The number of nitrogens with zero attached hydrogens (tertiary/aromatic N) is 1. The van der Waals surface area contributed by atoms with Crippen LogP contribution in [0.1, 0.15) is 37.8 Å². The van der Waals surface area contributed by atoms with Gasteiger partial charge in [0, 0.05) is 23.1 Å². The highest BCUT2D eigenvalue weighted by atomic mass is 35.5. The van der Waals surface area contributed by atoms with Gasteiger partial charge in [-0.1, -0.05) is 48.7 Å². The largest absolute Gasteiger partial charge is 0.484 e. The van der Waals surface area contributed by atoms with Gasteiger partial charge in [0.25, 0.3) is 5.91 Å². The monoisotopic (exact) mass is 450 g/mol. The van der Waals surface area contributed by atoms with Crippen LogP contribution < -0.4 is 10.1 Å². The molecule has 0 aliphatic carbocycles. The fraction of sp³-hybridized carbons (Fsp3) is 0.391. The third-order valence-electron chi connectivity index (χ3n) is 4.73. The zero-order valence-electron chi connectivity index (χ0n) is 17.6. The summed E-state index contributed by atoms with van der Waals surface area (Å²) in [5.74, 6) is 0.0647. The van der Waals surface area contributed by atoms with Gasteiger partial charge in [-0.05, 0) is 61.7 Å². The lowest BCUT2D eigenvalue weighted by molar-refractivity contribution is -0.142.